The number of hydrogen-bond acceptors (Lipinski definition) is 7. The fourth-order valence-corrected chi connectivity index (χ4v) is 8.25. The van der Waals surface area contributed by atoms with Gasteiger partial charge in [0.2, 0.25) is 0 Å². The first-order chi connectivity index (χ1) is 15.6. The Morgan fingerprint density at radius 2 is 1.94 bits per heavy atom. The van der Waals surface area contributed by atoms with Crippen molar-refractivity contribution in [1.82, 2.24) is 18.9 Å². The topological polar surface area (TPSA) is 69.3 Å². The molecule has 32 heavy (non-hydrogen) atoms. The van der Waals surface area contributed by atoms with E-state index in [9.17, 15) is 9.59 Å². The largest absolute Gasteiger partial charge is 0.284 e. The van der Waals surface area contributed by atoms with Crippen LogP contribution in [0.3, 0.4) is 0 Å². The smallest absolute Gasteiger partial charge is 0.263 e. The molecule has 0 saturated heterocycles. The Balaban J connectivity index is 1.43. The second-order valence-electron chi connectivity index (χ2n) is 8.77. The first kappa shape index (κ1) is 20.6. The number of thiophene rings is 1. The Kier molecular flexibility index (Phi) is 5.23. The molecule has 6 rings (SSSR count). The number of thioether (sulfide) groups is 1. The molecule has 9 heteroatoms. The van der Waals surface area contributed by atoms with Crippen LogP contribution in [0, 0.1) is 6.92 Å². The summed E-state index contributed by atoms with van der Waals surface area (Å²) in [6.07, 6.45) is 8.81. The van der Waals surface area contributed by atoms with Crippen LogP contribution < -0.4 is 11.1 Å². The SMILES string of the molecule is Cc1csc2nc(CSc3nc4sc5c(c4c(=O)n3C3CCCC3)CCCC5)cc(=O)n12. The van der Waals surface area contributed by atoms with Gasteiger partial charge < -0.3 is 0 Å². The van der Waals surface area contributed by atoms with Crippen LogP contribution in [-0.4, -0.2) is 18.9 Å². The minimum atomic E-state index is -0.0492. The van der Waals surface area contributed by atoms with Gasteiger partial charge in [-0.25, -0.2) is 9.97 Å². The third-order valence-corrected chi connectivity index (χ3v) is 9.77. The maximum atomic E-state index is 13.8. The molecular formula is C23H24N4O2S3. The lowest BCUT2D eigenvalue weighted by atomic mass is 9.97. The van der Waals surface area contributed by atoms with E-state index in [4.69, 9.17) is 4.98 Å². The number of rotatable bonds is 4. The third-order valence-electron chi connectivity index (χ3n) is 6.66. The van der Waals surface area contributed by atoms with Gasteiger partial charge in [-0.2, -0.15) is 0 Å². The van der Waals surface area contributed by atoms with Gasteiger partial charge in [0, 0.05) is 33.8 Å². The Bertz CT molecular complexity index is 1460. The molecule has 4 aromatic heterocycles. The average Bonchev–Trinajstić information content (AvgIpc) is 3.51. The molecule has 0 unspecified atom stereocenters. The summed E-state index contributed by atoms with van der Waals surface area (Å²) >= 11 is 4.72. The van der Waals surface area contributed by atoms with Gasteiger partial charge in [-0.3, -0.25) is 18.6 Å². The first-order valence-corrected chi connectivity index (χ1v) is 13.9. The van der Waals surface area contributed by atoms with Gasteiger partial charge in [0.25, 0.3) is 11.1 Å². The highest BCUT2D eigenvalue weighted by molar-refractivity contribution is 7.98. The van der Waals surface area contributed by atoms with Crippen molar-refractivity contribution in [3.8, 4) is 0 Å². The Labute approximate surface area is 197 Å². The van der Waals surface area contributed by atoms with E-state index in [1.54, 1.807) is 21.8 Å². The molecule has 4 aromatic rings. The summed E-state index contributed by atoms with van der Waals surface area (Å²) in [5.74, 6) is 0.526. The van der Waals surface area contributed by atoms with Crippen LogP contribution >= 0.6 is 34.4 Å². The first-order valence-electron chi connectivity index (χ1n) is 11.3. The molecule has 0 atom stereocenters. The lowest BCUT2D eigenvalue weighted by molar-refractivity contribution is 0.457. The van der Waals surface area contributed by atoms with Gasteiger partial charge >= 0.3 is 0 Å². The van der Waals surface area contributed by atoms with E-state index in [0.29, 0.717) is 10.7 Å². The molecule has 0 radical (unpaired) electrons. The molecule has 1 fully saturated rings. The highest BCUT2D eigenvalue weighted by Gasteiger charge is 2.27. The average molecular weight is 485 g/mol. The molecule has 4 heterocycles. The molecular weight excluding hydrogens is 460 g/mol. The van der Waals surface area contributed by atoms with E-state index < -0.39 is 0 Å². The summed E-state index contributed by atoms with van der Waals surface area (Å²) in [4.78, 5) is 39.0. The maximum absolute atomic E-state index is 13.8. The minimum absolute atomic E-state index is 0.0492. The van der Waals surface area contributed by atoms with Crippen LogP contribution in [0.2, 0.25) is 0 Å². The van der Waals surface area contributed by atoms with Crippen molar-refractivity contribution in [3.63, 3.8) is 0 Å². The van der Waals surface area contributed by atoms with Crippen LogP contribution in [0.25, 0.3) is 15.2 Å². The van der Waals surface area contributed by atoms with Crippen LogP contribution in [-0.2, 0) is 18.6 Å². The standard InChI is InChI=1S/C23H24N4O2S3/c1-13-11-30-22-24-14(10-18(28)26(13)22)12-31-23-25-20-19(16-8-4-5-9-17(16)32-20)21(29)27(23)15-6-2-3-7-15/h10-11,15H,2-9,12H2,1H3. The van der Waals surface area contributed by atoms with Crippen molar-refractivity contribution >= 4 is 49.6 Å². The highest BCUT2D eigenvalue weighted by Crippen LogP contribution is 2.37. The van der Waals surface area contributed by atoms with Crippen molar-refractivity contribution in [2.24, 2.45) is 0 Å². The van der Waals surface area contributed by atoms with Gasteiger partial charge in [-0.15, -0.1) is 22.7 Å². The van der Waals surface area contributed by atoms with Crippen LogP contribution in [0.15, 0.2) is 26.2 Å². The van der Waals surface area contributed by atoms with Gasteiger partial charge in [0.05, 0.1) is 11.1 Å². The van der Waals surface area contributed by atoms with E-state index in [0.717, 1.165) is 71.7 Å². The Morgan fingerprint density at radius 1 is 1.12 bits per heavy atom. The quantitative estimate of drug-likeness (QED) is 0.297. The summed E-state index contributed by atoms with van der Waals surface area (Å²) in [6, 6.07) is 1.84. The summed E-state index contributed by atoms with van der Waals surface area (Å²) < 4.78 is 3.62. The molecule has 0 aliphatic heterocycles. The molecule has 2 aliphatic carbocycles. The van der Waals surface area contributed by atoms with Crippen LogP contribution in [0.5, 0.6) is 0 Å². The predicted molar refractivity (Wildman–Crippen MR) is 132 cm³/mol. The van der Waals surface area contributed by atoms with Crippen molar-refractivity contribution in [2.75, 3.05) is 0 Å². The molecule has 2 aliphatic rings. The number of thiazole rings is 1. The summed E-state index contributed by atoms with van der Waals surface area (Å²) in [6.45, 7) is 1.92. The van der Waals surface area contributed by atoms with Gasteiger partial charge in [-0.05, 0) is 51.0 Å². The number of aryl methyl sites for hydroxylation is 3. The molecule has 0 amide bonds. The molecule has 0 aromatic carbocycles. The predicted octanol–water partition coefficient (Wildman–Crippen LogP) is 5.12. The third kappa shape index (κ3) is 3.36. The Hall–Kier alpha value is -1.97. The van der Waals surface area contributed by atoms with Crippen molar-refractivity contribution < 1.29 is 0 Å². The fraction of sp³-hybridized carbons (Fsp3) is 0.478. The lowest BCUT2D eigenvalue weighted by Gasteiger charge is -2.18. The fourth-order valence-electron chi connectivity index (χ4n) is 5.10. The Morgan fingerprint density at radius 3 is 2.78 bits per heavy atom. The molecule has 1 saturated carbocycles. The number of aromatic nitrogens is 4. The zero-order valence-electron chi connectivity index (χ0n) is 17.9. The molecule has 6 nitrogen and oxygen atoms in total. The monoisotopic (exact) mass is 484 g/mol. The molecule has 166 valence electrons. The molecule has 0 bridgehead atoms. The normalized spacial score (nSPS) is 16.9. The van der Waals surface area contributed by atoms with E-state index >= 15 is 0 Å². The molecule has 0 N–H and O–H groups in total. The van der Waals surface area contributed by atoms with E-state index in [2.05, 4.69) is 4.98 Å². The maximum Gasteiger partial charge on any atom is 0.263 e. The van der Waals surface area contributed by atoms with Crippen LogP contribution in [0.1, 0.15) is 66.4 Å². The zero-order valence-corrected chi connectivity index (χ0v) is 20.4. The second-order valence-corrected chi connectivity index (χ2v) is 11.6. The van der Waals surface area contributed by atoms with Crippen molar-refractivity contribution in [3.05, 3.63) is 54.0 Å². The summed E-state index contributed by atoms with van der Waals surface area (Å²) in [5, 5.41) is 3.59. The minimum Gasteiger partial charge on any atom is -0.284 e. The summed E-state index contributed by atoms with van der Waals surface area (Å²) in [7, 11) is 0. The van der Waals surface area contributed by atoms with Crippen LogP contribution in [0.4, 0.5) is 0 Å². The number of nitrogens with zero attached hydrogens (tertiary/aromatic N) is 4. The van der Waals surface area contributed by atoms with E-state index in [-0.39, 0.29) is 17.2 Å². The highest BCUT2D eigenvalue weighted by atomic mass is 32.2. The van der Waals surface area contributed by atoms with Gasteiger partial charge in [0.15, 0.2) is 10.1 Å². The van der Waals surface area contributed by atoms with Crippen molar-refractivity contribution in [2.45, 2.75) is 75.2 Å². The lowest BCUT2D eigenvalue weighted by Crippen LogP contribution is -2.26. The van der Waals surface area contributed by atoms with Gasteiger partial charge in [0.1, 0.15) is 4.83 Å². The summed E-state index contributed by atoms with van der Waals surface area (Å²) in [5.41, 5.74) is 2.99. The van der Waals surface area contributed by atoms with Crippen molar-refractivity contribution in [1.29, 1.82) is 0 Å². The second kappa shape index (κ2) is 8.11. The molecule has 0 spiro atoms. The number of hydrogen-bond donors (Lipinski definition) is 0. The van der Waals surface area contributed by atoms with E-state index in [1.165, 1.54) is 40.0 Å². The van der Waals surface area contributed by atoms with E-state index in [1.807, 2.05) is 16.9 Å². The zero-order chi connectivity index (χ0) is 21.8. The number of fused-ring (bicyclic) bond motifs is 4. The van der Waals surface area contributed by atoms with Gasteiger partial charge in [-0.1, -0.05) is 24.6 Å².